The van der Waals surface area contributed by atoms with Crippen molar-refractivity contribution in [2.24, 2.45) is 0 Å². The Kier molecular flexibility index (Phi) is 3.65. The Labute approximate surface area is 134 Å². The van der Waals surface area contributed by atoms with Gasteiger partial charge in [0.2, 0.25) is 0 Å². The van der Waals surface area contributed by atoms with E-state index in [9.17, 15) is 4.79 Å². The Balaban J connectivity index is 1.98. The summed E-state index contributed by atoms with van der Waals surface area (Å²) < 4.78 is 1.95. The van der Waals surface area contributed by atoms with Crippen LogP contribution < -0.4 is 11.1 Å². The molecule has 0 atom stereocenters. The van der Waals surface area contributed by atoms with E-state index in [2.05, 4.69) is 26.2 Å². The largest absolute Gasteiger partial charge is 0.397 e. The molecule has 3 aromatic rings. The monoisotopic (exact) mass is 361 g/mol. The second-order valence-corrected chi connectivity index (χ2v) is 6.54. The number of anilines is 2. The lowest BCUT2D eigenvalue weighted by Gasteiger charge is -2.06. The maximum atomic E-state index is 12.4. The molecule has 0 aliphatic carbocycles. The standard InChI is InChI=1S/C15H12BrN3OS/c1-8-11(3-2-6-18-8)19-15(20)14-13(17)10-5-4-9(16)7-12(10)21-14/h2-7H,17H2,1H3,(H,19,20). The van der Waals surface area contributed by atoms with Crippen molar-refractivity contribution in [2.75, 3.05) is 11.1 Å². The number of carbonyl (C=O) groups is 1. The zero-order chi connectivity index (χ0) is 15.0. The number of nitrogens with two attached hydrogens (primary N) is 1. The summed E-state index contributed by atoms with van der Waals surface area (Å²) in [6.45, 7) is 1.85. The molecule has 0 radical (unpaired) electrons. The zero-order valence-electron chi connectivity index (χ0n) is 11.2. The number of thiophene rings is 1. The van der Waals surface area contributed by atoms with Crippen LogP contribution in [0.1, 0.15) is 15.4 Å². The number of carbonyl (C=O) groups excluding carboxylic acids is 1. The minimum Gasteiger partial charge on any atom is -0.397 e. The molecular weight excluding hydrogens is 350 g/mol. The average molecular weight is 362 g/mol. The van der Waals surface area contributed by atoms with Gasteiger partial charge in [-0.1, -0.05) is 22.0 Å². The molecule has 3 N–H and O–H groups in total. The lowest BCUT2D eigenvalue weighted by atomic mass is 10.2. The van der Waals surface area contributed by atoms with Gasteiger partial charge in [-0.15, -0.1) is 11.3 Å². The second-order valence-electron chi connectivity index (χ2n) is 4.58. The van der Waals surface area contributed by atoms with Crippen molar-refractivity contribution in [1.29, 1.82) is 0 Å². The van der Waals surface area contributed by atoms with Crippen LogP contribution in [0.25, 0.3) is 10.1 Å². The zero-order valence-corrected chi connectivity index (χ0v) is 13.6. The van der Waals surface area contributed by atoms with Crippen molar-refractivity contribution in [1.82, 2.24) is 4.98 Å². The van der Waals surface area contributed by atoms with Gasteiger partial charge in [0, 0.05) is 20.8 Å². The van der Waals surface area contributed by atoms with Gasteiger partial charge in [0.15, 0.2) is 0 Å². The predicted octanol–water partition coefficient (Wildman–Crippen LogP) is 4.20. The van der Waals surface area contributed by atoms with Gasteiger partial charge >= 0.3 is 0 Å². The van der Waals surface area contributed by atoms with E-state index in [1.807, 2.05) is 31.2 Å². The number of amides is 1. The fourth-order valence-corrected chi connectivity index (χ4v) is 3.62. The van der Waals surface area contributed by atoms with Crippen LogP contribution in [0.5, 0.6) is 0 Å². The Bertz CT molecular complexity index is 844. The van der Waals surface area contributed by atoms with Gasteiger partial charge in [-0.25, -0.2) is 0 Å². The number of nitrogen functional groups attached to an aromatic ring is 1. The molecule has 3 rings (SSSR count). The van der Waals surface area contributed by atoms with Gasteiger partial charge in [0.25, 0.3) is 5.91 Å². The number of aromatic nitrogens is 1. The summed E-state index contributed by atoms with van der Waals surface area (Å²) in [6, 6.07) is 9.40. The molecular formula is C15H12BrN3OS. The normalized spacial score (nSPS) is 10.8. The molecule has 0 fully saturated rings. The van der Waals surface area contributed by atoms with Crippen molar-refractivity contribution in [2.45, 2.75) is 6.92 Å². The van der Waals surface area contributed by atoms with Crippen molar-refractivity contribution < 1.29 is 4.79 Å². The molecule has 21 heavy (non-hydrogen) atoms. The molecule has 6 heteroatoms. The van der Waals surface area contributed by atoms with Crippen LogP contribution in [0, 0.1) is 6.92 Å². The number of aryl methyl sites for hydroxylation is 1. The molecule has 1 aromatic carbocycles. The minimum absolute atomic E-state index is 0.207. The molecule has 0 unspecified atom stereocenters. The molecule has 0 spiro atoms. The number of nitrogens with one attached hydrogen (secondary N) is 1. The maximum absolute atomic E-state index is 12.4. The summed E-state index contributed by atoms with van der Waals surface area (Å²) in [4.78, 5) is 17.1. The highest BCUT2D eigenvalue weighted by Gasteiger charge is 2.17. The summed E-state index contributed by atoms with van der Waals surface area (Å²) in [7, 11) is 0. The first kappa shape index (κ1) is 14.0. The molecule has 2 heterocycles. The van der Waals surface area contributed by atoms with Crippen LogP contribution in [-0.2, 0) is 0 Å². The lowest BCUT2D eigenvalue weighted by Crippen LogP contribution is -2.13. The van der Waals surface area contributed by atoms with E-state index in [-0.39, 0.29) is 5.91 Å². The number of benzene rings is 1. The van der Waals surface area contributed by atoms with Crippen LogP contribution in [0.15, 0.2) is 41.0 Å². The topological polar surface area (TPSA) is 68.0 Å². The van der Waals surface area contributed by atoms with E-state index >= 15 is 0 Å². The van der Waals surface area contributed by atoms with E-state index in [0.29, 0.717) is 16.3 Å². The summed E-state index contributed by atoms with van der Waals surface area (Å²) in [5, 5.41) is 3.76. The van der Waals surface area contributed by atoms with Gasteiger partial charge in [-0.05, 0) is 31.2 Å². The highest BCUT2D eigenvalue weighted by atomic mass is 79.9. The molecule has 0 aliphatic heterocycles. The van der Waals surface area contributed by atoms with Crippen LogP contribution in [0.3, 0.4) is 0 Å². The molecule has 0 bridgehead atoms. The lowest BCUT2D eigenvalue weighted by molar-refractivity contribution is 0.103. The number of fused-ring (bicyclic) bond motifs is 1. The number of rotatable bonds is 2. The summed E-state index contributed by atoms with van der Waals surface area (Å²) in [5.74, 6) is -0.207. The Morgan fingerprint density at radius 3 is 2.95 bits per heavy atom. The van der Waals surface area contributed by atoms with Gasteiger partial charge in [-0.3, -0.25) is 9.78 Å². The van der Waals surface area contributed by atoms with E-state index in [0.717, 1.165) is 20.3 Å². The van der Waals surface area contributed by atoms with Crippen molar-refractivity contribution in [3.8, 4) is 0 Å². The SMILES string of the molecule is Cc1ncccc1NC(=O)c1sc2cc(Br)ccc2c1N. The summed E-state index contributed by atoms with van der Waals surface area (Å²) >= 11 is 4.81. The van der Waals surface area contributed by atoms with Crippen molar-refractivity contribution >= 4 is 54.6 Å². The van der Waals surface area contributed by atoms with E-state index < -0.39 is 0 Å². The highest BCUT2D eigenvalue weighted by Crippen LogP contribution is 2.35. The number of halogens is 1. The number of nitrogens with zero attached hydrogens (tertiary/aromatic N) is 1. The smallest absolute Gasteiger partial charge is 0.267 e. The van der Waals surface area contributed by atoms with E-state index in [4.69, 9.17) is 5.73 Å². The highest BCUT2D eigenvalue weighted by molar-refractivity contribution is 9.10. The van der Waals surface area contributed by atoms with Gasteiger partial charge in [-0.2, -0.15) is 0 Å². The van der Waals surface area contributed by atoms with Crippen LogP contribution in [-0.4, -0.2) is 10.9 Å². The van der Waals surface area contributed by atoms with Crippen LogP contribution in [0.2, 0.25) is 0 Å². The molecule has 0 aliphatic rings. The first-order chi connectivity index (χ1) is 10.1. The Morgan fingerprint density at radius 1 is 1.38 bits per heavy atom. The number of hydrogen-bond acceptors (Lipinski definition) is 4. The first-order valence-electron chi connectivity index (χ1n) is 6.27. The fourth-order valence-electron chi connectivity index (χ4n) is 2.05. The third kappa shape index (κ3) is 2.64. The van der Waals surface area contributed by atoms with Gasteiger partial charge < -0.3 is 11.1 Å². The quantitative estimate of drug-likeness (QED) is 0.718. The molecule has 2 aromatic heterocycles. The predicted molar refractivity (Wildman–Crippen MR) is 90.9 cm³/mol. The third-order valence-corrected chi connectivity index (χ3v) is 4.81. The Hall–Kier alpha value is -1.92. The van der Waals surface area contributed by atoms with E-state index in [1.54, 1.807) is 12.3 Å². The third-order valence-electron chi connectivity index (χ3n) is 3.15. The fraction of sp³-hybridized carbons (Fsp3) is 0.0667. The Morgan fingerprint density at radius 2 is 2.19 bits per heavy atom. The summed E-state index contributed by atoms with van der Waals surface area (Å²) in [5.41, 5.74) is 8.08. The molecule has 1 amide bonds. The molecule has 106 valence electrons. The van der Waals surface area contributed by atoms with Crippen molar-refractivity contribution in [3.63, 3.8) is 0 Å². The number of hydrogen-bond donors (Lipinski definition) is 2. The van der Waals surface area contributed by atoms with Gasteiger partial charge in [0.1, 0.15) is 4.88 Å². The van der Waals surface area contributed by atoms with E-state index in [1.165, 1.54) is 11.3 Å². The summed E-state index contributed by atoms with van der Waals surface area (Å²) in [6.07, 6.45) is 1.69. The number of pyridine rings is 1. The molecule has 0 saturated heterocycles. The second kappa shape index (κ2) is 5.46. The van der Waals surface area contributed by atoms with Crippen LogP contribution in [0.4, 0.5) is 11.4 Å². The average Bonchev–Trinajstić information content (AvgIpc) is 2.78. The molecule has 0 saturated carbocycles. The van der Waals surface area contributed by atoms with Crippen molar-refractivity contribution in [3.05, 3.63) is 51.6 Å². The maximum Gasteiger partial charge on any atom is 0.267 e. The van der Waals surface area contributed by atoms with Gasteiger partial charge in [0.05, 0.1) is 17.1 Å². The van der Waals surface area contributed by atoms with Crippen LogP contribution >= 0.6 is 27.3 Å². The minimum atomic E-state index is -0.207. The first-order valence-corrected chi connectivity index (χ1v) is 7.87. The molecule has 4 nitrogen and oxygen atoms in total.